The van der Waals surface area contributed by atoms with Crippen molar-refractivity contribution in [2.24, 2.45) is 0 Å². The molecule has 150 valence electrons. The molecule has 0 aliphatic carbocycles. The van der Waals surface area contributed by atoms with Crippen molar-refractivity contribution in [2.45, 2.75) is 13.5 Å². The fourth-order valence-electron chi connectivity index (χ4n) is 3.31. The van der Waals surface area contributed by atoms with Gasteiger partial charge in [-0.25, -0.2) is 0 Å². The summed E-state index contributed by atoms with van der Waals surface area (Å²) >= 11 is 0. The summed E-state index contributed by atoms with van der Waals surface area (Å²) in [7, 11) is 0. The lowest BCUT2D eigenvalue weighted by Gasteiger charge is -2.15. The van der Waals surface area contributed by atoms with E-state index in [0.29, 0.717) is 22.6 Å². The number of fused-ring (bicyclic) bond motifs is 1. The predicted octanol–water partition coefficient (Wildman–Crippen LogP) is 3.70. The SMILES string of the molecule is Cc1ccc2c(c1)C(=O)N(CC(=O)NCc1ccccc1Oc1ccccc1)C2=O. The zero-order chi connectivity index (χ0) is 21.1. The highest BCUT2D eigenvalue weighted by atomic mass is 16.5. The second kappa shape index (κ2) is 8.21. The van der Waals surface area contributed by atoms with E-state index in [1.165, 1.54) is 0 Å². The predicted molar refractivity (Wildman–Crippen MR) is 111 cm³/mol. The molecule has 6 nitrogen and oxygen atoms in total. The Hall–Kier alpha value is -3.93. The van der Waals surface area contributed by atoms with Crippen LogP contribution in [0.3, 0.4) is 0 Å². The number of ether oxygens (including phenoxy) is 1. The van der Waals surface area contributed by atoms with Gasteiger partial charge in [-0.3, -0.25) is 19.3 Å². The number of hydrogen-bond acceptors (Lipinski definition) is 4. The first-order valence-corrected chi connectivity index (χ1v) is 9.57. The second-order valence-electron chi connectivity index (χ2n) is 7.05. The van der Waals surface area contributed by atoms with Crippen molar-refractivity contribution in [2.75, 3.05) is 6.54 Å². The highest BCUT2D eigenvalue weighted by Gasteiger charge is 2.36. The van der Waals surface area contributed by atoms with Gasteiger partial charge in [0.05, 0.1) is 11.1 Å². The van der Waals surface area contributed by atoms with Crippen molar-refractivity contribution >= 4 is 17.7 Å². The summed E-state index contributed by atoms with van der Waals surface area (Å²) in [6.07, 6.45) is 0. The van der Waals surface area contributed by atoms with Crippen LogP contribution in [0.15, 0.2) is 72.8 Å². The van der Waals surface area contributed by atoms with Gasteiger partial charge in [-0.05, 0) is 37.3 Å². The number of rotatable bonds is 6. The molecule has 1 heterocycles. The molecule has 0 spiro atoms. The first-order valence-electron chi connectivity index (χ1n) is 9.57. The zero-order valence-corrected chi connectivity index (χ0v) is 16.4. The molecule has 0 radical (unpaired) electrons. The smallest absolute Gasteiger partial charge is 0.262 e. The van der Waals surface area contributed by atoms with Gasteiger partial charge in [0.25, 0.3) is 11.8 Å². The van der Waals surface area contributed by atoms with Gasteiger partial charge in [0, 0.05) is 12.1 Å². The molecule has 0 fully saturated rings. The molecule has 0 saturated heterocycles. The number of carbonyl (C=O) groups is 3. The minimum absolute atomic E-state index is 0.212. The molecule has 0 saturated carbocycles. The molecule has 0 aromatic heterocycles. The Labute approximate surface area is 174 Å². The molecule has 6 heteroatoms. The van der Waals surface area contributed by atoms with Gasteiger partial charge in [0.15, 0.2) is 0 Å². The van der Waals surface area contributed by atoms with Crippen LogP contribution in [0, 0.1) is 6.92 Å². The molecular formula is C24H20N2O4. The monoisotopic (exact) mass is 400 g/mol. The number of carbonyl (C=O) groups excluding carboxylic acids is 3. The maximum Gasteiger partial charge on any atom is 0.262 e. The number of amides is 3. The Bertz CT molecular complexity index is 1130. The lowest BCUT2D eigenvalue weighted by Crippen LogP contribution is -2.40. The molecule has 3 amide bonds. The molecule has 0 bridgehead atoms. The van der Waals surface area contributed by atoms with Crippen LogP contribution in [0.4, 0.5) is 0 Å². The summed E-state index contributed by atoms with van der Waals surface area (Å²) in [5.41, 5.74) is 2.35. The van der Waals surface area contributed by atoms with Crippen LogP contribution in [0.1, 0.15) is 31.8 Å². The highest BCUT2D eigenvalue weighted by Crippen LogP contribution is 2.25. The van der Waals surface area contributed by atoms with Crippen LogP contribution >= 0.6 is 0 Å². The first-order chi connectivity index (χ1) is 14.5. The van der Waals surface area contributed by atoms with Crippen LogP contribution in [-0.2, 0) is 11.3 Å². The van der Waals surface area contributed by atoms with Crippen LogP contribution in [0.25, 0.3) is 0 Å². The number of imide groups is 1. The lowest BCUT2D eigenvalue weighted by molar-refractivity contribution is -0.121. The fourth-order valence-corrected chi connectivity index (χ4v) is 3.31. The number of para-hydroxylation sites is 2. The van der Waals surface area contributed by atoms with Crippen LogP contribution < -0.4 is 10.1 Å². The molecule has 30 heavy (non-hydrogen) atoms. The first kappa shape index (κ1) is 19.4. The standard InChI is InChI=1S/C24H20N2O4/c1-16-11-12-19-20(13-16)24(29)26(23(19)28)15-22(27)25-14-17-7-5-6-10-21(17)30-18-8-3-2-4-9-18/h2-13H,14-15H2,1H3,(H,25,27). The van der Waals surface area contributed by atoms with Gasteiger partial charge in [0.1, 0.15) is 18.0 Å². The van der Waals surface area contributed by atoms with E-state index in [1.54, 1.807) is 18.2 Å². The van der Waals surface area contributed by atoms with Gasteiger partial charge < -0.3 is 10.1 Å². The summed E-state index contributed by atoms with van der Waals surface area (Å²) in [4.78, 5) is 38.5. The van der Waals surface area contributed by atoms with E-state index in [1.807, 2.05) is 61.5 Å². The molecule has 3 aromatic rings. The normalized spacial score (nSPS) is 12.6. The van der Waals surface area contributed by atoms with Crippen LogP contribution in [-0.4, -0.2) is 29.2 Å². The van der Waals surface area contributed by atoms with Crippen molar-refractivity contribution in [3.63, 3.8) is 0 Å². The van der Waals surface area contributed by atoms with Crippen molar-refractivity contribution in [3.8, 4) is 11.5 Å². The molecule has 0 unspecified atom stereocenters. The summed E-state index contributed by atoms with van der Waals surface area (Å²) in [5, 5.41) is 2.77. The largest absolute Gasteiger partial charge is 0.457 e. The average molecular weight is 400 g/mol. The highest BCUT2D eigenvalue weighted by molar-refractivity contribution is 6.22. The average Bonchev–Trinajstić information content (AvgIpc) is 2.98. The Balaban J connectivity index is 1.40. The Morgan fingerprint density at radius 3 is 2.40 bits per heavy atom. The molecular weight excluding hydrogens is 380 g/mol. The van der Waals surface area contributed by atoms with Crippen molar-refractivity contribution in [3.05, 3.63) is 95.1 Å². The minimum atomic E-state index is -0.446. The third-order valence-electron chi connectivity index (χ3n) is 4.85. The third-order valence-corrected chi connectivity index (χ3v) is 4.85. The summed E-state index contributed by atoms with van der Waals surface area (Å²) in [6.45, 7) is 1.74. The minimum Gasteiger partial charge on any atom is -0.457 e. The van der Waals surface area contributed by atoms with E-state index in [9.17, 15) is 14.4 Å². The number of hydrogen-bond donors (Lipinski definition) is 1. The quantitative estimate of drug-likeness (QED) is 0.640. The van der Waals surface area contributed by atoms with Crippen molar-refractivity contribution in [1.29, 1.82) is 0 Å². The maximum atomic E-state index is 12.5. The van der Waals surface area contributed by atoms with E-state index in [4.69, 9.17) is 4.74 Å². The molecule has 4 rings (SSSR count). The van der Waals surface area contributed by atoms with Gasteiger partial charge >= 0.3 is 0 Å². The molecule has 3 aromatic carbocycles. The molecule has 0 atom stereocenters. The molecule has 1 aliphatic rings. The van der Waals surface area contributed by atoms with E-state index in [-0.39, 0.29) is 13.1 Å². The number of nitrogens with zero attached hydrogens (tertiary/aromatic N) is 1. The zero-order valence-electron chi connectivity index (χ0n) is 16.4. The molecule has 1 N–H and O–H groups in total. The number of aryl methyl sites for hydroxylation is 1. The third kappa shape index (κ3) is 3.93. The lowest BCUT2D eigenvalue weighted by atomic mass is 10.1. The van der Waals surface area contributed by atoms with Gasteiger partial charge in [-0.1, -0.05) is 48.0 Å². The maximum absolute atomic E-state index is 12.5. The van der Waals surface area contributed by atoms with Crippen LogP contribution in [0.2, 0.25) is 0 Å². The van der Waals surface area contributed by atoms with E-state index < -0.39 is 17.7 Å². The van der Waals surface area contributed by atoms with E-state index >= 15 is 0 Å². The van der Waals surface area contributed by atoms with Gasteiger partial charge in [-0.2, -0.15) is 0 Å². The summed E-state index contributed by atoms with van der Waals surface area (Å²) in [6, 6.07) is 21.8. The van der Waals surface area contributed by atoms with Gasteiger partial charge in [-0.15, -0.1) is 0 Å². The Morgan fingerprint density at radius 1 is 0.900 bits per heavy atom. The van der Waals surface area contributed by atoms with Gasteiger partial charge in [0.2, 0.25) is 5.91 Å². The fraction of sp³-hybridized carbons (Fsp3) is 0.125. The van der Waals surface area contributed by atoms with E-state index in [2.05, 4.69) is 5.32 Å². The second-order valence-corrected chi connectivity index (χ2v) is 7.05. The van der Waals surface area contributed by atoms with Crippen molar-refractivity contribution in [1.82, 2.24) is 10.2 Å². The Kier molecular flexibility index (Phi) is 5.30. The number of benzene rings is 3. The van der Waals surface area contributed by atoms with Crippen LogP contribution in [0.5, 0.6) is 11.5 Å². The summed E-state index contributed by atoms with van der Waals surface area (Å²) < 4.78 is 5.89. The topological polar surface area (TPSA) is 75.7 Å². The number of nitrogens with one attached hydrogen (secondary N) is 1. The summed E-state index contributed by atoms with van der Waals surface area (Å²) in [5.74, 6) is 0.00756. The Morgan fingerprint density at radius 2 is 1.60 bits per heavy atom. The van der Waals surface area contributed by atoms with Crippen molar-refractivity contribution < 1.29 is 19.1 Å². The van der Waals surface area contributed by atoms with E-state index in [0.717, 1.165) is 16.0 Å². The molecule has 1 aliphatic heterocycles.